The minimum atomic E-state index is -0.394. The van der Waals surface area contributed by atoms with Crippen LogP contribution in [0.4, 0.5) is 0 Å². The third-order valence-corrected chi connectivity index (χ3v) is 4.03. The molecule has 0 unspecified atom stereocenters. The summed E-state index contributed by atoms with van der Waals surface area (Å²) in [7, 11) is 1.53. The van der Waals surface area contributed by atoms with E-state index in [1.54, 1.807) is 25.1 Å². The number of methoxy groups -OCH3 is 1. The van der Waals surface area contributed by atoms with Gasteiger partial charge >= 0.3 is 0 Å². The Morgan fingerprint density at radius 2 is 2.08 bits per heavy atom. The van der Waals surface area contributed by atoms with Gasteiger partial charge in [-0.05, 0) is 54.0 Å². The molecule has 1 heterocycles. The molecular formula is C16H16Br2N2O4. The fourth-order valence-corrected chi connectivity index (χ4v) is 3.13. The van der Waals surface area contributed by atoms with Crippen LogP contribution < -0.4 is 14.9 Å². The summed E-state index contributed by atoms with van der Waals surface area (Å²) in [5, 5.41) is 3.99. The highest BCUT2D eigenvalue weighted by atomic mass is 79.9. The zero-order chi connectivity index (χ0) is 17.7. The van der Waals surface area contributed by atoms with Gasteiger partial charge < -0.3 is 13.9 Å². The number of hydrazone groups is 1. The first kappa shape index (κ1) is 18.5. The van der Waals surface area contributed by atoms with Crippen molar-refractivity contribution < 1.29 is 18.7 Å². The fourth-order valence-electron chi connectivity index (χ4n) is 1.83. The van der Waals surface area contributed by atoms with Gasteiger partial charge in [-0.15, -0.1) is 0 Å². The van der Waals surface area contributed by atoms with Crippen LogP contribution in [0.5, 0.6) is 11.5 Å². The van der Waals surface area contributed by atoms with Crippen molar-refractivity contribution in [2.75, 3.05) is 13.7 Å². The quantitative estimate of drug-likeness (QED) is 0.522. The Morgan fingerprint density at radius 1 is 1.33 bits per heavy atom. The van der Waals surface area contributed by atoms with E-state index in [1.807, 2.05) is 13.0 Å². The molecule has 0 aliphatic carbocycles. The molecule has 1 N–H and O–H groups in total. The van der Waals surface area contributed by atoms with Gasteiger partial charge in [0.2, 0.25) is 0 Å². The van der Waals surface area contributed by atoms with Crippen molar-refractivity contribution >= 4 is 43.5 Å². The topological polar surface area (TPSA) is 73.1 Å². The molecule has 6 nitrogen and oxygen atoms in total. The first-order valence-electron chi connectivity index (χ1n) is 6.96. The van der Waals surface area contributed by atoms with Crippen LogP contribution in [0.15, 0.2) is 42.7 Å². The highest BCUT2D eigenvalue weighted by Gasteiger charge is 2.13. The van der Waals surface area contributed by atoms with E-state index in [1.165, 1.54) is 7.11 Å². The number of nitrogens with one attached hydrogen (secondary N) is 1. The second-order valence-electron chi connectivity index (χ2n) is 4.85. The number of hydrogen-bond acceptors (Lipinski definition) is 5. The molecule has 1 aromatic heterocycles. The average molecular weight is 460 g/mol. The Bertz CT molecular complexity index is 771. The summed E-state index contributed by atoms with van der Waals surface area (Å²) in [5.41, 5.74) is 3.00. The Kier molecular flexibility index (Phi) is 6.44. The lowest BCUT2D eigenvalue weighted by Gasteiger charge is -2.12. The minimum Gasteiger partial charge on any atom is -0.493 e. The number of aryl methyl sites for hydroxylation is 1. The summed E-state index contributed by atoms with van der Waals surface area (Å²) < 4.78 is 17.7. The van der Waals surface area contributed by atoms with Crippen LogP contribution in [0.25, 0.3) is 0 Å². The molecule has 2 rings (SSSR count). The van der Waals surface area contributed by atoms with Crippen molar-refractivity contribution in [3.05, 3.63) is 44.7 Å². The van der Waals surface area contributed by atoms with Crippen LogP contribution >= 0.6 is 31.9 Å². The molecule has 0 aliphatic rings. The molecule has 2 aromatic rings. The largest absolute Gasteiger partial charge is 0.493 e. The standard InChI is InChI=1S/C16H16Br2N2O4/c1-9-4-5-13(24-9)10(2)19-20-15(21)8-23-16-12(18)6-11(17)7-14(16)22-3/h4-7H,8H2,1-3H3,(H,20,21)/b19-10+. The normalized spacial score (nSPS) is 11.3. The van der Waals surface area contributed by atoms with Gasteiger partial charge in [0.25, 0.3) is 5.91 Å². The van der Waals surface area contributed by atoms with Gasteiger partial charge in [-0.25, -0.2) is 5.43 Å². The number of amides is 1. The number of hydrogen-bond donors (Lipinski definition) is 1. The maximum absolute atomic E-state index is 11.9. The Balaban J connectivity index is 1.96. The molecule has 0 spiro atoms. The lowest BCUT2D eigenvalue weighted by molar-refractivity contribution is -0.123. The monoisotopic (exact) mass is 458 g/mol. The summed E-state index contributed by atoms with van der Waals surface area (Å²) in [6.45, 7) is 3.38. The van der Waals surface area contributed by atoms with E-state index in [4.69, 9.17) is 13.9 Å². The van der Waals surface area contributed by atoms with Crippen LogP contribution in [-0.2, 0) is 4.79 Å². The van der Waals surface area contributed by atoms with Crippen molar-refractivity contribution in [2.45, 2.75) is 13.8 Å². The van der Waals surface area contributed by atoms with Gasteiger partial charge in [-0.1, -0.05) is 15.9 Å². The maximum Gasteiger partial charge on any atom is 0.277 e. The first-order chi connectivity index (χ1) is 11.4. The maximum atomic E-state index is 11.9. The molecule has 8 heteroatoms. The number of ether oxygens (including phenoxy) is 2. The molecule has 24 heavy (non-hydrogen) atoms. The molecule has 0 radical (unpaired) electrons. The summed E-state index contributed by atoms with van der Waals surface area (Å²) in [5.74, 6) is 1.94. The first-order valence-corrected chi connectivity index (χ1v) is 8.55. The van der Waals surface area contributed by atoms with Gasteiger partial charge in [0, 0.05) is 4.47 Å². The van der Waals surface area contributed by atoms with Crippen molar-refractivity contribution in [3.63, 3.8) is 0 Å². The number of carbonyl (C=O) groups excluding carboxylic acids is 1. The van der Waals surface area contributed by atoms with E-state index in [0.717, 1.165) is 10.2 Å². The number of rotatable bonds is 6. The molecule has 0 saturated carbocycles. The predicted molar refractivity (Wildman–Crippen MR) is 97.7 cm³/mol. The van der Waals surface area contributed by atoms with Crippen molar-refractivity contribution in [3.8, 4) is 11.5 Å². The second kappa shape index (κ2) is 8.34. The lowest BCUT2D eigenvalue weighted by atomic mass is 10.3. The highest BCUT2D eigenvalue weighted by molar-refractivity contribution is 9.11. The summed E-state index contributed by atoms with van der Waals surface area (Å²) in [4.78, 5) is 11.9. The molecule has 1 aromatic carbocycles. The minimum absolute atomic E-state index is 0.204. The molecule has 0 bridgehead atoms. The molecule has 0 fully saturated rings. The van der Waals surface area contributed by atoms with Crippen LogP contribution in [0.1, 0.15) is 18.4 Å². The fraction of sp³-hybridized carbons (Fsp3) is 0.250. The molecule has 0 saturated heterocycles. The number of halogens is 2. The van der Waals surface area contributed by atoms with E-state index in [2.05, 4.69) is 42.4 Å². The number of furan rings is 1. The summed E-state index contributed by atoms with van der Waals surface area (Å²) >= 11 is 6.74. The SMILES string of the molecule is COc1cc(Br)cc(Br)c1OCC(=O)N/N=C(\C)c1ccc(C)o1. The van der Waals surface area contributed by atoms with E-state index in [0.29, 0.717) is 27.4 Å². The molecule has 1 amide bonds. The van der Waals surface area contributed by atoms with E-state index in [-0.39, 0.29) is 6.61 Å². The van der Waals surface area contributed by atoms with Crippen LogP contribution in [0.2, 0.25) is 0 Å². The average Bonchev–Trinajstić information content (AvgIpc) is 2.97. The van der Waals surface area contributed by atoms with E-state index in [9.17, 15) is 4.79 Å². The van der Waals surface area contributed by atoms with Gasteiger partial charge in [0.15, 0.2) is 18.1 Å². The van der Waals surface area contributed by atoms with Gasteiger partial charge in [0.05, 0.1) is 11.6 Å². The molecular weight excluding hydrogens is 444 g/mol. The molecule has 0 atom stereocenters. The van der Waals surface area contributed by atoms with Crippen molar-refractivity contribution in [1.82, 2.24) is 5.43 Å². The third kappa shape index (κ3) is 4.85. The van der Waals surface area contributed by atoms with E-state index >= 15 is 0 Å². The number of carbonyl (C=O) groups is 1. The third-order valence-electron chi connectivity index (χ3n) is 2.99. The summed E-state index contributed by atoms with van der Waals surface area (Å²) in [6.07, 6.45) is 0. The van der Waals surface area contributed by atoms with Gasteiger partial charge in [0.1, 0.15) is 17.2 Å². The molecule has 0 aliphatic heterocycles. The van der Waals surface area contributed by atoms with Crippen LogP contribution in [-0.4, -0.2) is 25.3 Å². The highest BCUT2D eigenvalue weighted by Crippen LogP contribution is 2.38. The summed E-state index contributed by atoms with van der Waals surface area (Å²) in [6, 6.07) is 7.17. The zero-order valence-electron chi connectivity index (χ0n) is 13.4. The van der Waals surface area contributed by atoms with Gasteiger partial charge in [-0.2, -0.15) is 5.10 Å². The molecule has 128 valence electrons. The predicted octanol–water partition coefficient (Wildman–Crippen LogP) is 4.04. The van der Waals surface area contributed by atoms with Crippen LogP contribution in [0.3, 0.4) is 0 Å². The van der Waals surface area contributed by atoms with Crippen molar-refractivity contribution in [2.24, 2.45) is 5.10 Å². The van der Waals surface area contributed by atoms with Crippen LogP contribution in [0, 0.1) is 6.92 Å². The lowest BCUT2D eigenvalue weighted by Crippen LogP contribution is -2.25. The van der Waals surface area contributed by atoms with Gasteiger partial charge in [-0.3, -0.25) is 4.79 Å². The number of benzene rings is 1. The second-order valence-corrected chi connectivity index (χ2v) is 6.62. The Hall–Kier alpha value is -1.80. The Labute approximate surface area is 156 Å². The zero-order valence-corrected chi connectivity index (χ0v) is 16.5. The Morgan fingerprint density at radius 3 is 2.71 bits per heavy atom. The number of nitrogens with zero attached hydrogens (tertiary/aromatic N) is 1. The van der Waals surface area contributed by atoms with Crippen molar-refractivity contribution in [1.29, 1.82) is 0 Å². The smallest absolute Gasteiger partial charge is 0.277 e. The van der Waals surface area contributed by atoms with E-state index < -0.39 is 5.91 Å².